The van der Waals surface area contributed by atoms with Gasteiger partial charge in [-0.25, -0.2) is 4.79 Å². The number of aromatic nitrogens is 1. The zero-order chi connectivity index (χ0) is 19.1. The number of urea groups is 1. The molecule has 4 nitrogen and oxygen atoms in total. The summed E-state index contributed by atoms with van der Waals surface area (Å²) in [6.45, 7) is 2.86. The third-order valence-electron chi connectivity index (χ3n) is 6.06. The van der Waals surface area contributed by atoms with Crippen molar-refractivity contribution < 1.29 is 4.79 Å². The summed E-state index contributed by atoms with van der Waals surface area (Å²) in [4.78, 5) is 19.5. The smallest absolute Gasteiger partial charge is 0.321 e. The normalized spacial score (nSPS) is 20.0. The molecule has 2 aliphatic rings. The van der Waals surface area contributed by atoms with Crippen LogP contribution in [0.15, 0.2) is 66.9 Å². The minimum absolute atomic E-state index is 0.00358. The van der Waals surface area contributed by atoms with Crippen molar-refractivity contribution in [2.75, 3.05) is 11.9 Å². The number of fused-ring (bicyclic) bond motifs is 4. The average Bonchev–Trinajstić information content (AvgIpc) is 3.08. The van der Waals surface area contributed by atoms with Crippen LogP contribution in [0.3, 0.4) is 0 Å². The maximum absolute atomic E-state index is 13.0. The van der Waals surface area contributed by atoms with Crippen molar-refractivity contribution in [3.8, 4) is 11.3 Å². The standard InChI is InChI=1S/C24H23N3O/c1-16-9-10-19(14-22(16)23-8-4-5-11-25-23)26-24(28)27-15-18-13-20(27)12-17-6-2-3-7-21(17)18/h2-11,14,18,20H,12-13,15H2,1H3,(H,26,28). The number of carbonyl (C=O) groups excluding carboxylic acids is 1. The molecule has 140 valence electrons. The first-order valence-corrected chi connectivity index (χ1v) is 9.86. The highest BCUT2D eigenvalue weighted by molar-refractivity contribution is 5.91. The van der Waals surface area contributed by atoms with Crippen molar-refractivity contribution in [3.05, 3.63) is 83.6 Å². The highest BCUT2D eigenvalue weighted by atomic mass is 16.2. The molecule has 2 unspecified atom stereocenters. The van der Waals surface area contributed by atoms with Crippen LogP contribution in [0.1, 0.15) is 29.0 Å². The van der Waals surface area contributed by atoms with E-state index in [1.165, 1.54) is 11.1 Å². The van der Waals surface area contributed by atoms with Crippen LogP contribution in [-0.4, -0.2) is 28.5 Å². The van der Waals surface area contributed by atoms with Crippen LogP contribution in [0.2, 0.25) is 0 Å². The minimum Gasteiger partial charge on any atom is -0.321 e. The van der Waals surface area contributed by atoms with Gasteiger partial charge in [0.1, 0.15) is 0 Å². The Hall–Kier alpha value is -3.14. The number of carbonyl (C=O) groups is 1. The Morgan fingerprint density at radius 1 is 1.11 bits per heavy atom. The van der Waals surface area contributed by atoms with Gasteiger partial charge in [-0.15, -0.1) is 0 Å². The predicted octanol–water partition coefficient (Wildman–Crippen LogP) is 5.00. The molecule has 2 atom stereocenters. The fraction of sp³-hybridized carbons (Fsp3) is 0.250. The van der Waals surface area contributed by atoms with Crippen LogP contribution in [0, 0.1) is 6.92 Å². The second kappa shape index (κ2) is 6.79. The highest BCUT2D eigenvalue weighted by Gasteiger charge is 2.40. The van der Waals surface area contributed by atoms with Crippen LogP contribution in [-0.2, 0) is 6.42 Å². The van der Waals surface area contributed by atoms with Crippen molar-refractivity contribution in [3.63, 3.8) is 0 Å². The molecule has 2 aromatic carbocycles. The quantitative estimate of drug-likeness (QED) is 0.691. The Kier molecular flexibility index (Phi) is 4.12. The van der Waals surface area contributed by atoms with Gasteiger partial charge in [-0.2, -0.15) is 0 Å². The molecule has 0 spiro atoms. The van der Waals surface area contributed by atoms with E-state index in [1.807, 2.05) is 41.3 Å². The van der Waals surface area contributed by atoms with Gasteiger partial charge in [0.05, 0.1) is 5.69 Å². The monoisotopic (exact) mass is 369 g/mol. The van der Waals surface area contributed by atoms with Gasteiger partial charge in [0, 0.05) is 36.0 Å². The van der Waals surface area contributed by atoms with E-state index in [0.29, 0.717) is 12.0 Å². The van der Waals surface area contributed by atoms with Gasteiger partial charge in [0.2, 0.25) is 0 Å². The average molecular weight is 369 g/mol. The molecule has 2 heterocycles. The number of hydrogen-bond acceptors (Lipinski definition) is 2. The maximum atomic E-state index is 13.0. The van der Waals surface area contributed by atoms with E-state index in [1.54, 1.807) is 6.20 Å². The molecule has 1 aliphatic heterocycles. The number of hydrogen-bond donors (Lipinski definition) is 1. The number of nitrogens with one attached hydrogen (secondary N) is 1. The van der Waals surface area contributed by atoms with Crippen molar-refractivity contribution in [1.29, 1.82) is 0 Å². The molecule has 5 rings (SSSR count). The molecule has 1 aromatic heterocycles. The number of anilines is 1. The van der Waals surface area contributed by atoms with E-state index < -0.39 is 0 Å². The molecule has 4 heteroatoms. The van der Waals surface area contributed by atoms with Crippen LogP contribution in [0.5, 0.6) is 0 Å². The molecule has 0 saturated carbocycles. The second-order valence-electron chi connectivity index (χ2n) is 7.82. The molecule has 2 bridgehead atoms. The van der Waals surface area contributed by atoms with Crippen LogP contribution >= 0.6 is 0 Å². The molecule has 1 fully saturated rings. The molecular weight excluding hydrogens is 346 g/mol. The number of likely N-dealkylation sites (tertiary alicyclic amines) is 1. The largest absolute Gasteiger partial charge is 0.322 e. The van der Waals surface area contributed by atoms with Gasteiger partial charge in [0.15, 0.2) is 0 Å². The Balaban J connectivity index is 1.36. The van der Waals surface area contributed by atoms with E-state index in [0.717, 1.165) is 41.9 Å². The number of nitrogens with zero attached hydrogens (tertiary/aromatic N) is 2. The van der Waals surface area contributed by atoms with E-state index in [4.69, 9.17) is 0 Å². The fourth-order valence-corrected chi connectivity index (χ4v) is 4.65. The zero-order valence-electron chi connectivity index (χ0n) is 15.9. The molecule has 3 aromatic rings. The number of benzene rings is 2. The van der Waals surface area contributed by atoms with Crippen LogP contribution in [0.25, 0.3) is 11.3 Å². The summed E-state index contributed by atoms with van der Waals surface area (Å²) < 4.78 is 0. The molecule has 2 amide bonds. The Bertz CT molecular complexity index is 1030. The topological polar surface area (TPSA) is 45.2 Å². The number of amides is 2. The number of aryl methyl sites for hydroxylation is 1. The zero-order valence-corrected chi connectivity index (χ0v) is 15.9. The van der Waals surface area contributed by atoms with Crippen molar-refractivity contribution in [2.24, 2.45) is 0 Å². The van der Waals surface area contributed by atoms with Gasteiger partial charge < -0.3 is 10.2 Å². The first-order valence-electron chi connectivity index (χ1n) is 9.86. The third kappa shape index (κ3) is 2.95. The molecule has 1 aliphatic carbocycles. The summed E-state index contributed by atoms with van der Waals surface area (Å²) in [5.74, 6) is 0.461. The molecule has 0 radical (unpaired) electrons. The number of rotatable bonds is 2. The second-order valence-corrected chi connectivity index (χ2v) is 7.82. The summed E-state index contributed by atoms with van der Waals surface area (Å²) in [7, 11) is 0. The van der Waals surface area contributed by atoms with Gasteiger partial charge in [-0.3, -0.25) is 4.98 Å². The molecule has 1 saturated heterocycles. The van der Waals surface area contributed by atoms with Crippen molar-refractivity contribution >= 4 is 11.7 Å². The molecule has 1 N–H and O–H groups in total. The van der Waals surface area contributed by atoms with E-state index in [-0.39, 0.29) is 6.03 Å². The van der Waals surface area contributed by atoms with Crippen LogP contribution in [0.4, 0.5) is 10.5 Å². The van der Waals surface area contributed by atoms with Crippen molar-refractivity contribution in [1.82, 2.24) is 9.88 Å². The first kappa shape index (κ1) is 17.0. The Labute approximate surface area is 165 Å². The molecular formula is C24H23N3O. The Morgan fingerprint density at radius 2 is 1.96 bits per heavy atom. The van der Waals surface area contributed by atoms with E-state index in [9.17, 15) is 4.79 Å². The summed E-state index contributed by atoms with van der Waals surface area (Å²) >= 11 is 0. The lowest BCUT2D eigenvalue weighted by Gasteiger charge is -2.26. The SMILES string of the molecule is Cc1ccc(NC(=O)N2CC3CC2Cc2ccccc23)cc1-c1ccccn1. The minimum atomic E-state index is -0.00358. The summed E-state index contributed by atoms with van der Waals surface area (Å²) in [6.07, 6.45) is 3.81. The summed E-state index contributed by atoms with van der Waals surface area (Å²) in [6, 6.07) is 20.8. The number of pyridine rings is 1. The third-order valence-corrected chi connectivity index (χ3v) is 6.06. The lowest BCUT2D eigenvalue weighted by molar-refractivity contribution is 0.206. The lowest BCUT2D eigenvalue weighted by Crippen LogP contribution is -2.39. The van der Waals surface area contributed by atoms with E-state index in [2.05, 4.69) is 41.5 Å². The van der Waals surface area contributed by atoms with Gasteiger partial charge in [-0.05, 0) is 60.7 Å². The van der Waals surface area contributed by atoms with Crippen LogP contribution < -0.4 is 5.32 Å². The first-order chi connectivity index (χ1) is 13.7. The molecule has 28 heavy (non-hydrogen) atoms. The maximum Gasteiger partial charge on any atom is 0.322 e. The van der Waals surface area contributed by atoms with Gasteiger partial charge in [-0.1, -0.05) is 36.4 Å². The highest BCUT2D eigenvalue weighted by Crippen LogP contribution is 2.40. The summed E-state index contributed by atoms with van der Waals surface area (Å²) in [5, 5.41) is 3.12. The predicted molar refractivity (Wildman–Crippen MR) is 111 cm³/mol. The fourth-order valence-electron chi connectivity index (χ4n) is 4.65. The summed E-state index contributed by atoms with van der Waals surface area (Å²) in [5.41, 5.74) is 6.74. The van der Waals surface area contributed by atoms with Crippen molar-refractivity contribution in [2.45, 2.75) is 31.7 Å². The van der Waals surface area contributed by atoms with E-state index >= 15 is 0 Å². The lowest BCUT2D eigenvalue weighted by atomic mass is 9.84. The Morgan fingerprint density at radius 3 is 2.82 bits per heavy atom. The van der Waals surface area contributed by atoms with Gasteiger partial charge >= 0.3 is 6.03 Å². The van der Waals surface area contributed by atoms with Gasteiger partial charge in [0.25, 0.3) is 0 Å².